The molecule has 0 fully saturated rings. The molecule has 140 valence electrons. The van der Waals surface area contributed by atoms with Gasteiger partial charge in [-0.15, -0.1) is 11.3 Å². The number of amides is 1. The number of carbonyl (C=O) groups excluding carboxylic acids is 1. The molecule has 0 saturated heterocycles. The summed E-state index contributed by atoms with van der Waals surface area (Å²) in [6.45, 7) is 2.07. The minimum Gasteiger partial charge on any atom is -0.347 e. The highest BCUT2D eigenvalue weighted by Gasteiger charge is 2.17. The van der Waals surface area contributed by atoms with Gasteiger partial charge in [0.2, 0.25) is 0 Å². The Kier molecular flexibility index (Phi) is 5.52. The number of aromatic nitrogens is 1. The summed E-state index contributed by atoms with van der Waals surface area (Å²) in [6, 6.07) is 12.2. The molecule has 1 aromatic heterocycles. The van der Waals surface area contributed by atoms with Crippen LogP contribution >= 0.6 is 11.3 Å². The van der Waals surface area contributed by atoms with Gasteiger partial charge in [-0.25, -0.2) is 17.8 Å². The molecular weight excluding hydrogens is 389 g/mol. The number of halogens is 1. The highest BCUT2D eigenvalue weighted by atomic mass is 32.2. The molecule has 0 radical (unpaired) electrons. The van der Waals surface area contributed by atoms with E-state index in [-0.39, 0.29) is 28.1 Å². The number of hydrogen-bond donors (Lipinski definition) is 2. The van der Waals surface area contributed by atoms with Crippen molar-refractivity contribution in [3.8, 4) is 0 Å². The Balaban J connectivity index is 1.64. The van der Waals surface area contributed by atoms with Crippen LogP contribution in [0.3, 0.4) is 0 Å². The molecule has 9 heteroatoms. The Morgan fingerprint density at radius 2 is 1.78 bits per heavy atom. The summed E-state index contributed by atoms with van der Waals surface area (Å²) >= 11 is 1.01. The first kappa shape index (κ1) is 19.0. The molecule has 0 saturated carbocycles. The number of rotatable bonds is 6. The Bertz CT molecular complexity index is 1050. The van der Waals surface area contributed by atoms with Crippen molar-refractivity contribution < 1.29 is 17.6 Å². The van der Waals surface area contributed by atoms with Gasteiger partial charge in [-0.1, -0.05) is 29.8 Å². The van der Waals surface area contributed by atoms with E-state index in [0.717, 1.165) is 22.5 Å². The average molecular weight is 405 g/mol. The predicted octanol–water partition coefficient (Wildman–Crippen LogP) is 3.32. The zero-order chi connectivity index (χ0) is 19.4. The lowest BCUT2D eigenvalue weighted by molar-refractivity contribution is 0.0946. The monoisotopic (exact) mass is 405 g/mol. The van der Waals surface area contributed by atoms with E-state index in [4.69, 9.17) is 0 Å². The van der Waals surface area contributed by atoms with Crippen LogP contribution in [0, 0.1) is 12.7 Å². The third-order valence-corrected chi connectivity index (χ3v) is 5.90. The molecule has 3 aromatic rings. The standard InChI is InChI=1S/C18H16FN3O3S2/c1-12-2-8-15(9-3-12)27(24,25)22-18-21-16(11-26-18)17(23)20-10-13-4-6-14(19)7-5-13/h2-9,11H,10H2,1H3,(H,20,23)(H,21,22). The summed E-state index contributed by atoms with van der Waals surface area (Å²) in [5.74, 6) is -0.800. The minimum atomic E-state index is -3.77. The molecule has 0 aliphatic carbocycles. The zero-order valence-electron chi connectivity index (χ0n) is 14.3. The van der Waals surface area contributed by atoms with Gasteiger partial charge in [-0.3, -0.25) is 9.52 Å². The molecule has 2 aromatic carbocycles. The van der Waals surface area contributed by atoms with Crippen LogP contribution in [-0.4, -0.2) is 19.3 Å². The summed E-state index contributed by atoms with van der Waals surface area (Å²) in [5.41, 5.74) is 1.78. The van der Waals surface area contributed by atoms with Crippen LogP contribution in [0.15, 0.2) is 58.8 Å². The maximum Gasteiger partial charge on any atom is 0.271 e. The van der Waals surface area contributed by atoms with Crippen LogP contribution in [0.1, 0.15) is 21.6 Å². The number of hydrogen-bond acceptors (Lipinski definition) is 5. The van der Waals surface area contributed by atoms with Crippen molar-refractivity contribution in [3.05, 3.63) is 76.5 Å². The number of sulfonamides is 1. The van der Waals surface area contributed by atoms with Crippen molar-refractivity contribution in [2.24, 2.45) is 0 Å². The Morgan fingerprint density at radius 1 is 1.11 bits per heavy atom. The quantitative estimate of drug-likeness (QED) is 0.659. The van der Waals surface area contributed by atoms with Crippen molar-refractivity contribution in [1.82, 2.24) is 10.3 Å². The van der Waals surface area contributed by atoms with Gasteiger partial charge in [-0.05, 0) is 36.8 Å². The summed E-state index contributed by atoms with van der Waals surface area (Å²) in [4.78, 5) is 16.3. The summed E-state index contributed by atoms with van der Waals surface area (Å²) in [5, 5.41) is 4.22. The lowest BCUT2D eigenvalue weighted by Gasteiger charge is -2.05. The number of aryl methyl sites for hydroxylation is 1. The normalized spacial score (nSPS) is 11.2. The molecule has 0 spiro atoms. The number of anilines is 1. The lowest BCUT2D eigenvalue weighted by atomic mass is 10.2. The maximum absolute atomic E-state index is 12.9. The molecule has 0 atom stereocenters. The maximum atomic E-state index is 12.9. The molecule has 1 amide bonds. The number of nitrogens with one attached hydrogen (secondary N) is 2. The van der Waals surface area contributed by atoms with Gasteiger partial charge >= 0.3 is 0 Å². The van der Waals surface area contributed by atoms with E-state index >= 15 is 0 Å². The van der Waals surface area contributed by atoms with Gasteiger partial charge in [0.15, 0.2) is 5.13 Å². The van der Waals surface area contributed by atoms with Gasteiger partial charge in [0.05, 0.1) is 4.90 Å². The third-order valence-electron chi connectivity index (χ3n) is 3.66. The van der Waals surface area contributed by atoms with Gasteiger partial charge in [0, 0.05) is 11.9 Å². The van der Waals surface area contributed by atoms with E-state index in [2.05, 4.69) is 15.0 Å². The van der Waals surface area contributed by atoms with E-state index < -0.39 is 15.9 Å². The third kappa shape index (κ3) is 4.89. The van der Waals surface area contributed by atoms with Gasteiger partial charge in [0.25, 0.3) is 15.9 Å². The van der Waals surface area contributed by atoms with Crippen molar-refractivity contribution in [2.75, 3.05) is 4.72 Å². The SMILES string of the molecule is Cc1ccc(S(=O)(=O)Nc2nc(C(=O)NCc3ccc(F)cc3)cs2)cc1. The van der Waals surface area contributed by atoms with E-state index in [1.54, 1.807) is 24.3 Å². The van der Waals surface area contributed by atoms with E-state index in [0.29, 0.717) is 0 Å². The first-order valence-corrected chi connectivity index (χ1v) is 10.3. The number of benzene rings is 2. The smallest absolute Gasteiger partial charge is 0.271 e. The fourth-order valence-corrected chi connectivity index (χ4v) is 4.13. The molecule has 3 rings (SSSR count). The van der Waals surface area contributed by atoms with E-state index in [9.17, 15) is 17.6 Å². The molecule has 0 unspecified atom stereocenters. The fourth-order valence-electron chi connectivity index (χ4n) is 2.19. The topological polar surface area (TPSA) is 88.2 Å². The van der Waals surface area contributed by atoms with Gasteiger partial charge < -0.3 is 5.32 Å². The van der Waals surface area contributed by atoms with E-state index in [1.807, 2.05) is 6.92 Å². The van der Waals surface area contributed by atoms with Crippen molar-refractivity contribution in [2.45, 2.75) is 18.4 Å². The highest BCUT2D eigenvalue weighted by Crippen LogP contribution is 2.20. The van der Waals surface area contributed by atoms with Crippen LogP contribution in [0.5, 0.6) is 0 Å². The summed E-state index contributed by atoms with van der Waals surface area (Å²) < 4.78 is 40.0. The number of thiazole rings is 1. The largest absolute Gasteiger partial charge is 0.347 e. The molecule has 0 aliphatic heterocycles. The molecule has 6 nitrogen and oxygen atoms in total. The molecule has 0 aliphatic rings. The molecular formula is C18H16FN3O3S2. The van der Waals surface area contributed by atoms with Crippen LogP contribution in [0.4, 0.5) is 9.52 Å². The molecule has 27 heavy (non-hydrogen) atoms. The van der Waals surface area contributed by atoms with Crippen LogP contribution in [-0.2, 0) is 16.6 Å². The summed E-state index contributed by atoms with van der Waals surface area (Å²) in [7, 11) is -3.77. The van der Waals surface area contributed by atoms with E-state index in [1.165, 1.54) is 29.6 Å². The zero-order valence-corrected chi connectivity index (χ0v) is 15.9. The lowest BCUT2D eigenvalue weighted by Crippen LogP contribution is -2.23. The second-order valence-electron chi connectivity index (χ2n) is 5.77. The van der Waals surface area contributed by atoms with Crippen LogP contribution in [0.2, 0.25) is 0 Å². The van der Waals surface area contributed by atoms with Crippen LogP contribution in [0.25, 0.3) is 0 Å². The van der Waals surface area contributed by atoms with Crippen LogP contribution < -0.4 is 10.0 Å². The van der Waals surface area contributed by atoms with Crippen molar-refractivity contribution in [1.29, 1.82) is 0 Å². The van der Waals surface area contributed by atoms with Crippen molar-refractivity contribution >= 4 is 32.4 Å². The number of carbonyl (C=O) groups is 1. The second kappa shape index (κ2) is 7.85. The predicted molar refractivity (Wildman–Crippen MR) is 102 cm³/mol. The first-order chi connectivity index (χ1) is 12.8. The molecule has 0 bridgehead atoms. The second-order valence-corrected chi connectivity index (χ2v) is 8.31. The van der Waals surface area contributed by atoms with Gasteiger partial charge in [0.1, 0.15) is 11.5 Å². The summed E-state index contributed by atoms with van der Waals surface area (Å²) in [6.07, 6.45) is 0. The first-order valence-electron chi connectivity index (χ1n) is 7.91. The highest BCUT2D eigenvalue weighted by molar-refractivity contribution is 7.93. The molecule has 1 heterocycles. The van der Waals surface area contributed by atoms with Gasteiger partial charge in [-0.2, -0.15) is 0 Å². The Labute approximate surface area is 160 Å². The van der Waals surface area contributed by atoms with Crippen molar-refractivity contribution in [3.63, 3.8) is 0 Å². The molecule has 2 N–H and O–H groups in total. The Morgan fingerprint density at radius 3 is 2.44 bits per heavy atom. The average Bonchev–Trinajstić information content (AvgIpc) is 3.09. The minimum absolute atomic E-state index is 0.0995. The number of nitrogens with zero attached hydrogens (tertiary/aromatic N) is 1. The fraction of sp³-hybridized carbons (Fsp3) is 0.111. The Hall–Kier alpha value is -2.78.